The molecule has 0 aromatic rings. The van der Waals surface area contributed by atoms with Crippen molar-refractivity contribution >= 4 is 0 Å². The first-order chi connectivity index (χ1) is 4.65. The van der Waals surface area contributed by atoms with Crippen LogP contribution in [0.15, 0.2) is 0 Å². The molecule has 0 atom stereocenters. The molecule has 60 valence electrons. The second-order valence-corrected chi connectivity index (χ2v) is 3.44. The van der Waals surface area contributed by atoms with Crippen molar-refractivity contribution in [3.8, 4) is 0 Å². The Kier molecular flexibility index (Phi) is 2.32. The van der Waals surface area contributed by atoms with Gasteiger partial charge in [0.25, 0.3) is 0 Å². The molecule has 2 nitrogen and oxygen atoms in total. The van der Waals surface area contributed by atoms with E-state index in [0.29, 0.717) is 0 Å². The first-order valence-corrected chi connectivity index (χ1v) is 4.05. The van der Waals surface area contributed by atoms with Gasteiger partial charge in [0.15, 0.2) is 0 Å². The molecule has 1 N–H and O–H groups in total. The summed E-state index contributed by atoms with van der Waals surface area (Å²) in [6.07, 6.45) is 5.53. The zero-order valence-electron chi connectivity index (χ0n) is 6.93. The van der Waals surface area contributed by atoms with E-state index in [0.717, 1.165) is 12.8 Å². The average Bonchev–Trinajstić information content (AvgIpc) is 1.89. The van der Waals surface area contributed by atoms with Crippen LogP contribution in [0.5, 0.6) is 0 Å². The number of hydrogen-bond acceptors (Lipinski definition) is 2. The van der Waals surface area contributed by atoms with Gasteiger partial charge in [-0.2, -0.15) is 0 Å². The molecule has 0 amide bonds. The molecular formula is C8H17NO. The Morgan fingerprint density at radius 3 is 1.90 bits per heavy atom. The Morgan fingerprint density at radius 1 is 1.10 bits per heavy atom. The van der Waals surface area contributed by atoms with Crippen molar-refractivity contribution < 1.29 is 5.11 Å². The van der Waals surface area contributed by atoms with Crippen LogP contribution in [0.3, 0.4) is 0 Å². The van der Waals surface area contributed by atoms with Gasteiger partial charge in [0.2, 0.25) is 0 Å². The van der Waals surface area contributed by atoms with Gasteiger partial charge in [-0.05, 0) is 39.8 Å². The SMILES string of the molecule is CN(C)C1(O)CCCCC1. The predicted molar refractivity (Wildman–Crippen MR) is 41.7 cm³/mol. The quantitative estimate of drug-likeness (QED) is 0.557. The maximum absolute atomic E-state index is 9.87. The van der Waals surface area contributed by atoms with Gasteiger partial charge in [-0.3, -0.25) is 4.90 Å². The fraction of sp³-hybridized carbons (Fsp3) is 1.00. The highest BCUT2D eigenvalue weighted by molar-refractivity contribution is 4.78. The Morgan fingerprint density at radius 2 is 1.60 bits per heavy atom. The summed E-state index contributed by atoms with van der Waals surface area (Å²) < 4.78 is 0. The molecule has 0 aromatic heterocycles. The van der Waals surface area contributed by atoms with Crippen molar-refractivity contribution in [3.05, 3.63) is 0 Å². The molecule has 0 unspecified atom stereocenters. The van der Waals surface area contributed by atoms with Crippen molar-refractivity contribution in [2.45, 2.75) is 37.8 Å². The fourth-order valence-corrected chi connectivity index (χ4v) is 1.57. The minimum Gasteiger partial charge on any atom is -0.376 e. The summed E-state index contributed by atoms with van der Waals surface area (Å²) >= 11 is 0. The Bertz CT molecular complexity index is 106. The van der Waals surface area contributed by atoms with Gasteiger partial charge in [0.1, 0.15) is 5.72 Å². The van der Waals surface area contributed by atoms with E-state index in [1.165, 1.54) is 19.3 Å². The molecule has 0 spiro atoms. The highest BCUT2D eigenvalue weighted by Crippen LogP contribution is 2.28. The van der Waals surface area contributed by atoms with Crippen LogP contribution < -0.4 is 0 Å². The van der Waals surface area contributed by atoms with Crippen LogP contribution in [0, 0.1) is 0 Å². The van der Waals surface area contributed by atoms with E-state index >= 15 is 0 Å². The van der Waals surface area contributed by atoms with Crippen molar-refractivity contribution in [3.63, 3.8) is 0 Å². The van der Waals surface area contributed by atoms with Crippen LogP contribution in [0.1, 0.15) is 32.1 Å². The molecule has 1 rings (SSSR count). The summed E-state index contributed by atoms with van der Waals surface area (Å²) in [7, 11) is 3.90. The molecule has 1 aliphatic carbocycles. The number of aliphatic hydroxyl groups is 1. The number of hydrogen-bond donors (Lipinski definition) is 1. The van der Waals surface area contributed by atoms with Gasteiger partial charge < -0.3 is 5.11 Å². The molecule has 1 aliphatic rings. The molecule has 1 fully saturated rings. The number of rotatable bonds is 1. The van der Waals surface area contributed by atoms with Crippen LogP contribution >= 0.6 is 0 Å². The van der Waals surface area contributed by atoms with Crippen LogP contribution in [-0.4, -0.2) is 29.8 Å². The highest BCUT2D eigenvalue weighted by atomic mass is 16.3. The maximum Gasteiger partial charge on any atom is 0.118 e. The van der Waals surface area contributed by atoms with Gasteiger partial charge in [0, 0.05) is 0 Å². The molecule has 0 bridgehead atoms. The van der Waals surface area contributed by atoms with Gasteiger partial charge >= 0.3 is 0 Å². The van der Waals surface area contributed by atoms with Crippen molar-refractivity contribution in [1.29, 1.82) is 0 Å². The van der Waals surface area contributed by atoms with Gasteiger partial charge in [-0.15, -0.1) is 0 Å². The van der Waals surface area contributed by atoms with E-state index in [-0.39, 0.29) is 0 Å². The molecule has 0 saturated heterocycles. The monoisotopic (exact) mass is 143 g/mol. The van der Waals surface area contributed by atoms with Crippen molar-refractivity contribution in [1.82, 2.24) is 4.90 Å². The lowest BCUT2D eigenvalue weighted by Gasteiger charge is -2.37. The third-order valence-corrected chi connectivity index (χ3v) is 2.49. The summed E-state index contributed by atoms with van der Waals surface area (Å²) in [5.41, 5.74) is -0.488. The van der Waals surface area contributed by atoms with Gasteiger partial charge in [-0.1, -0.05) is 6.42 Å². The Balaban J connectivity index is 2.48. The van der Waals surface area contributed by atoms with Crippen LogP contribution in [0.4, 0.5) is 0 Å². The minimum atomic E-state index is -0.488. The topological polar surface area (TPSA) is 23.5 Å². The molecule has 10 heavy (non-hydrogen) atoms. The smallest absolute Gasteiger partial charge is 0.118 e. The molecular weight excluding hydrogens is 126 g/mol. The second-order valence-electron chi connectivity index (χ2n) is 3.44. The minimum absolute atomic E-state index is 0.488. The molecule has 0 aliphatic heterocycles. The number of nitrogens with zero attached hydrogens (tertiary/aromatic N) is 1. The standard InChI is InChI=1S/C8H17NO/c1-9(2)8(10)6-4-3-5-7-8/h10H,3-7H2,1-2H3. The summed E-state index contributed by atoms with van der Waals surface area (Å²) in [5, 5.41) is 9.87. The van der Waals surface area contributed by atoms with Crippen LogP contribution in [-0.2, 0) is 0 Å². The van der Waals surface area contributed by atoms with E-state index < -0.39 is 5.72 Å². The zero-order chi connectivity index (χ0) is 7.61. The van der Waals surface area contributed by atoms with Crippen LogP contribution in [0.2, 0.25) is 0 Å². The lowest BCUT2D eigenvalue weighted by Crippen LogP contribution is -2.45. The van der Waals surface area contributed by atoms with Crippen LogP contribution in [0.25, 0.3) is 0 Å². The lowest BCUT2D eigenvalue weighted by molar-refractivity contribution is -0.107. The first-order valence-electron chi connectivity index (χ1n) is 4.05. The largest absolute Gasteiger partial charge is 0.376 e. The Labute approximate surface area is 62.8 Å². The average molecular weight is 143 g/mol. The van der Waals surface area contributed by atoms with E-state index in [1.807, 2.05) is 19.0 Å². The molecule has 0 aromatic carbocycles. The lowest BCUT2D eigenvalue weighted by atomic mass is 9.91. The molecule has 0 heterocycles. The summed E-state index contributed by atoms with van der Waals surface area (Å²) in [5.74, 6) is 0. The summed E-state index contributed by atoms with van der Waals surface area (Å²) in [6, 6.07) is 0. The second kappa shape index (κ2) is 2.89. The highest BCUT2D eigenvalue weighted by Gasteiger charge is 2.30. The van der Waals surface area contributed by atoms with Gasteiger partial charge in [0.05, 0.1) is 0 Å². The van der Waals surface area contributed by atoms with E-state index in [2.05, 4.69) is 0 Å². The Hall–Kier alpha value is -0.0800. The maximum atomic E-state index is 9.87. The zero-order valence-corrected chi connectivity index (χ0v) is 6.93. The van der Waals surface area contributed by atoms with E-state index in [1.54, 1.807) is 0 Å². The van der Waals surface area contributed by atoms with E-state index in [4.69, 9.17) is 0 Å². The van der Waals surface area contributed by atoms with Crippen molar-refractivity contribution in [2.75, 3.05) is 14.1 Å². The normalized spacial score (nSPS) is 25.2. The van der Waals surface area contributed by atoms with Crippen molar-refractivity contribution in [2.24, 2.45) is 0 Å². The fourth-order valence-electron chi connectivity index (χ4n) is 1.57. The third kappa shape index (κ3) is 1.50. The first kappa shape index (κ1) is 8.02. The summed E-state index contributed by atoms with van der Waals surface area (Å²) in [6.45, 7) is 0. The molecule has 1 saturated carbocycles. The molecule has 0 radical (unpaired) electrons. The van der Waals surface area contributed by atoms with Gasteiger partial charge in [-0.25, -0.2) is 0 Å². The third-order valence-electron chi connectivity index (χ3n) is 2.49. The van der Waals surface area contributed by atoms with E-state index in [9.17, 15) is 5.11 Å². The predicted octanol–water partition coefficient (Wildman–Crippen LogP) is 1.20. The summed E-state index contributed by atoms with van der Waals surface area (Å²) in [4.78, 5) is 1.94. The molecule has 2 heteroatoms.